The quantitative estimate of drug-likeness (QED) is 0.193. The smallest absolute Gasteiger partial charge is 0.266 e. The summed E-state index contributed by atoms with van der Waals surface area (Å²) in [7, 11) is 0. The van der Waals surface area contributed by atoms with Gasteiger partial charge in [-0.25, -0.2) is 29.0 Å². The van der Waals surface area contributed by atoms with E-state index in [1.807, 2.05) is 26.0 Å². The first-order chi connectivity index (χ1) is 20.2. The molecule has 0 aliphatic carbocycles. The Bertz CT molecular complexity index is 1940. The second-order valence-corrected chi connectivity index (χ2v) is 10.0. The summed E-state index contributed by atoms with van der Waals surface area (Å²) in [5, 5.41) is 3.71. The normalized spacial score (nSPS) is 12.4. The summed E-state index contributed by atoms with van der Waals surface area (Å²) in [4.78, 5) is 31.1. The van der Waals surface area contributed by atoms with Crippen LogP contribution in [0.15, 0.2) is 71.9 Å². The standard InChI is InChI=1S/C29H25FN8O3S/c1-17-5-3-8-24-25(17)29(39)38(22-7-4-6-19(13-22)14-35-42(40)41)28(37-24)18(2)36-27-23(26(31)33-16-34-27)12-11-21-10-9-20(30)15-32-21/h3-10,13,15-16,18,35H,14H2,1-2H3,(H,40,41)(H3,31,33,34,36)/p-1. The zero-order chi connectivity index (χ0) is 29.8. The van der Waals surface area contributed by atoms with Crippen LogP contribution in [0.3, 0.4) is 0 Å². The molecule has 2 aromatic carbocycles. The van der Waals surface area contributed by atoms with Crippen molar-refractivity contribution in [3.8, 4) is 17.5 Å². The number of fused-ring (bicyclic) bond motifs is 1. The average molecular weight is 584 g/mol. The largest absolute Gasteiger partial charge is 0.760 e. The van der Waals surface area contributed by atoms with Gasteiger partial charge in [-0.05, 0) is 61.2 Å². The van der Waals surface area contributed by atoms with Crippen molar-refractivity contribution < 1.29 is 13.2 Å². The van der Waals surface area contributed by atoms with Crippen LogP contribution in [0.4, 0.5) is 16.0 Å². The fraction of sp³-hybridized carbons (Fsp3) is 0.138. The van der Waals surface area contributed by atoms with Crippen LogP contribution < -0.4 is 21.3 Å². The summed E-state index contributed by atoms with van der Waals surface area (Å²) in [6.45, 7) is 3.70. The first kappa shape index (κ1) is 28.5. The topological polar surface area (TPSA) is 164 Å². The van der Waals surface area contributed by atoms with Gasteiger partial charge in [-0.2, -0.15) is 0 Å². The van der Waals surface area contributed by atoms with Crippen LogP contribution in [0.1, 0.15) is 41.2 Å². The Morgan fingerprint density at radius 3 is 2.69 bits per heavy atom. The molecule has 0 aliphatic heterocycles. The Kier molecular flexibility index (Phi) is 8.30. The summed E-state index contributed by atoms with van der Waals surface area (Å²) in [6, 6.07) is 14.5. The molecule has 11 nitrogen and oxygen atoms in total. The van der Waals surface area contributed by atoms with Crippen molar-refractivity contribution in [1.82, 2.24) is 29.2 Å². The first-order valence-corrected chi connectivity index (χ1v) is 13.7. The van der Waals surface area contributed by atoms with Crippen LogP contribution in [0.2, 0.25) is 0 Å². The van der Waals surface area contributed by atoms with Crippen LogP contribution >= 0.6 is 0 Å². The molecule has 13 heteroatoms. The van der Waals surface area contributed by atoms with Gasteiger partial charge < -0.3 is 15.6 Å². The second-order valence-electron chi connectivity index (χ2n) is 9.27. The van der Waals surface area contributed by atoms with E-state index in [1.54, 1.807) is 30.3 Å². The van der Waals surface area contributed by atoms with Gasteiger partial charge in [0.05, 0.1) is 28.8 Å². The lowest BCUT2D eigenvalue weighted by Gasteiger charge is -2.21. The monoisotopic (exact) mass is 583 g/mol. The second kappa shape index (κ2) is 12.2. The van der Waals surface area contributed by atoms with Crippen LogP contribution in [0.5, 0.6) is 0 Å². The fourth-order valence-corrected chi connectivity index (χ4v) is 4.66. The first-order valence-electron chi connectivity index (χ1n) is 12.7. The maximum atomic E-state index is 14.0. The molecule has 0 radical (unpaired) electrons. The molecule has 0 fully saturated rings. The van der Waals surface area contributed by atoms with Gasteiger partial charge in [-0.1, -0.05) is 30.2 Å². The van der Waals surface area contributed by atoms with Crippen LogP contribution in [0, 0.1) is 24.6 Å². The third-order valence-electron chi connectivity index (χ3n) is 6.35. The van der Waals surface area contributed by atoms with E-state index < -0.39 is 23.1 Å². The van der Waals surface area contributed by atoms with E-state index >= 15 is 0 Å². The van der Waals surface area contributed by atoms with E-state index in [9.17, 15) is 17.9 Å². The number of anilines is 2. The highest BCUT2D eigenvalue weighted by Gasteiger charge is 2.21. The number of nitrogen functional groups attached to an aromatic ring is 1. The van der Waals surface area contributed by atoms with Gasteiger partial charge >= 0.3 is 0 Å². The Hall–Kier alpha value is -5.03. The molecule has 4 N–H and O–H groups in total. The molecule has 0 bridgehead atoms. The number of halogens is 1. The molecule has 0 saturated heterocycles. The number of benzene rings is 2. The molecule has 2 atom stereocenters. The number of rotatable bonds is 7. The van der Waals surface area contributed by atoms with Crippen molar-refractivity contribution >= 4 is 33.8 Å². The molecular formula is C29H24FN8O3S-. The highest BCUT2D eigenvalue weighted by atomic mass is 32.2. The van der Waals surface area contributed by atoms with Crippen molar-refractivity contribution in [2.24, 2.45) is 0 Å². The van der Waals surface area contributed by atoms with Gasteiger partial charge in [0.2, 0.25) is 0 Å². The van der Waals surface area contributed by atoms with Gasteiger partial charge in [0.25, 0.3) is 5.56 Å². The van der Waals surface area contributed by atoms with E-state index in [1.165, 1.54) is 23.0 Å². The summed E-state index contributed by atoms with van der Waals surface area (Å²) in [6.07, 6.45) is 2.35. The number of hydrogen-bond acceptors (Lipinski definition) is 9. The highest BCUT2D eigenvalue weighted by molar-refractivity contribution is 7.77. The number of hydrogen-bond donors (Lipinski definition) is 3. The van der Waals surface area contributed by atoms with E-state index in [0.29, 0.717) is 45.1 Å². The minimum absolute atomic E-state index is 0.0486. The Morgan fingerprint density at radius 2 is 1.93 bits per heavy atom. The van der Waals surface area contributed by atoms with Gasteiger partial charge in [-0.3, -0.25) is 13.6 Å². The molecule has 3 aromatic heterocycles. The predicted molar refractivity (Wildman–Crippen MR) is 156 cm³/mol. The zero-order valence-electron chi connectivity index (χ0n) is 22.5. The van der Waals surface area contributed by atoms with E-state index in [4.69, 9.17) is 10.7 Å². The Morgan fingerprint density at radius 1 is 1.12 bits per heavy atom. The molecule has 5 rings (SSSR count). The van der Waals surface area contributed by atoms with Crippen molar-refractivity contribution in [3.63, 3.8) is 0 Å². The van der Waals surface area contributed by atoms with Crippen LogP contribution in [0.25, 0.3) is 16.6 Å². The number of pyridine rings is 1. The maximum Gasteiger partial charge on any atom is 0.266 e. The lowest BCUT2D eigenvalue weighted by atomic mass is 10.1. The average Bonchev–Trinajstić information content (AvgIpc) is 2.96. The van der Waals surface area contributed by atoms with Crippen molar-refractivity contribution in [2.75, 3.05) is 11.1 Å². The fourth-order valence-electron chi connectivity index (χ4n) is 4.38. The third kappa shape index (κ3) is 6.16. The Balaban J connectivity index is 1.60. The van der Waals surface area contributed by atoms with Gasteiger partial charge in [0.15, 0.2) is 0 Å². The van der Waals surface area contributed by atoms with Crippen LogP contribution in [-0.2, 0) is 17.8 Å². The molecule has 0 amide bonds. The van der Waals surface area contributed by atoms with Gasteiger partial charge in [-0.15, -0.1) is 0 Å². The molecule has 212 valence electrons. The Labute approximate surface area is 242 Å². The molecule has 0 spiro atoms. The lowest BCUT2D eigenvalue weighted by molar-refractivity contribution is 0.522. The number of nitrogens with two attached hydrogens (primary N) is 1. The SMILES string of the molecule is Cc1cccc2nc(C(C)Nc3ncnc(N)c3C#Cc3ccc(F)cn3)n(-c3cccc(CNS(=O)[O-])c3)c(=O)c12. The van der Waals surface area contributed by atoms with Gasteiger partial charge in [0.1, 0.15) is 40.9 Å². The molecule has 2 unspecified atom stereocenters. The van der Waals surface area contributed by atoms with E-state index in [-0.39, 0.29) is 17.9 Å². The van der Waals surface area contributed by atoms with Crippen molar-refractivity contribution in [2.45, 2.75) is 26.4 Å². The molecule has 0 saturated carbocycles. The number of aromatic nitrogens is 5. The predicted octanol–water partition coefficient (Wildman–Crippen LogP) is 3.06. The summed E-state index contributed by atoms with van der Waals surface area (Å²) < 4.78 is 39.2. The summed E-state index contributed by atoms with van der Waals surface area (Å²) >= 11 is -2.44. The molecule has 0 aliphatic rings. The minimum atomic E-state index is -2.44. The van der Waals surface area contributed by atoms with E-state index in [0.717, 1.165) is 11.8 Å². The van der Waals surface area contributed by atoms with Crippen LogP contribution in [-0.4, -0.2) is 33.3 Å². The molecule has 5 aromatic rings. The van der Waals surface area contributed by atoms with E-state index in [2.05, 4.69) is 36.8 Å². The lowest BCUT2D eigenvalue weighted by Crippen LogP contribution is -2.28. The molecule has 3 heterocycles. The molecule has 42 heavy (non-hydrogen) atoms. The minimum Gasteiger partial charge on any atom is -0.760 e. The van der Waals surface area contributed by atoms with Gasteiger partial charge in [0, 0.05) is 17.8 Å². The zero-order valence-corrected chi connectivity index (χ0v) is 23.3. The van der Waals surface area contributed by atoms with Crippen molar-refractivity contribution in [1.29, 1.82) is 0 Å². The van der Waals surface area contributed by atoms with Crippen molar-refractivity contribution in [3.05, 3.63) is 112 Å². The number of nitrogens with zero attached hydrogens (tertiary/aromatic N) is 5. The maximum absolute atomic E-state index is 14.0. The number of nitrogens with one attached hydrogen (secondary N) is 2. The molecular weight excluding hydrogens is 559 g/mol. The number of aryl methyl sites for hydroxylation is 1. The third-order valence-corrected chi connectivity index (χ3v) is 6.73. The summed E-state index contributed by atoms with van der Waals surface area (Å²) in [5.41, 5.74) is 8.90. The highest BCUT2D eigenvalue weighted by Crippen LogP contribution is 2.25. The summed E-state index contributed by atoms with van der Waals surface area (Å²) in [5.74, 6) is 6.04.